The van der Waals surface area contributed by atoms with Gasteiger partial charge in [0.05, 0.1) is 0 Å². The first-order valence-corrected chi connectivity index (χ1v) is 6.88. The molecule has 0 saturated heterocycles. The number of benzene rings is 1. The van der Waals surface area contributed by atoms with Gasteiger partial charge in [-0.1, -0.05) is 24.6 Å². The summed E-state index contributed by atoms with van der Waals surface area (Å²) in [7, 11) is 0. The Bertz CT molecular complexity index is 407. The van der Waals surface area contributed by atoms with Gasteiger partial charge in [0, 0.05) is 24.8 Å². The Balaban J connectivity index is 1.88. The van der Waals surface area contributed by atoms with Crippen LogP contribution in [0.2, 0.25) is 0 Å². The zero-order chi connectivity index (χ0) is 11.8. The minimum atomic E-state index is 0.145. The standard InChI is InChI=1S/C15H22N2/c1-11(16)14-7-3-6-13-8-9-17(15(13)14)10-12-4-2-5-12/h3,6-7,11-12H,2,4-5,8-10,16H2,1H3. The smallest absolute Gasteiger partial charge is 0.0447 e. The minimum Gasteiger partial charge on any atom is -0.370 e. The third-order valence-electron chi connectivity index (χ3n) is 4.31. The SMILES string of the molecule is CC(N)c1cccc2c1N(CC1CCC1)CC2. The summed E-state index contributed by atoms with van der Waals surface area (Å²) < 4.78 is 0. The molecule has 0 amide bonds. The highest BCUT2D eigenvalue weighted by Gasteiger charge is 2.27. The lowest BCUT2D eigenvalue weighted by molar-refractivity contribution is 0.319. The van der Waals surface area contributed by atoms with Crippen molar-refractivity contribution in [3.8, 4) is 0 Å². The number of para-hydroxylation sites is 1. The molecule has 2 N–H and O–H groups in total. The van der Waals surface area contributed by atoms with E-state index in [1.807, 2.05) is 0 Å². The predicted molar refractivity (Wildman–Crippen MR) is 72.3 cm³/mol. The Morgan fingerprint density at radius 3 is 2.88 bits per heavy atom. The molecule has 17 heavy (non-hydrogen) atoms. The molecule has 0 spiro atoms. The highest BCUT2D eigenvalue weighted by atomic mass is 15.2. The van der Waals surface area contributed by atoms with Crippen molar-refractivity contribution < 1.29 is 0 Å². The molecule has 1 fully saturated rings. The Hall–Kier alpha value is -1.02. The summed E-state index contributed by atoms with van der Waals surface area (Å²) in [5, 5.41) is 0. The fourth-order valence-electron chi connectivity index (χ4n) is 3.10. The summed E-state index contributed by atoms with van der Waals surface area (Å²) in [6.45, 7) is 4.53. The van der Waals surface area contributed by atoms with Crippen molar-refractivity contribution in [1.82, 2.24) is 0 Å². The fraction of sp³-hybridized carbons (Fsp3) is 0.600. The molecule has 1 unspecified atom stereocenters. The van der Waals surface area contributed by atoms with Gasteiger partial charge in [-0.3, -0.25) is 0 Å². The molecule has 0 radical (unpaired) electrons. The first-order chi connectivity index (χ1) is 8.25. The van der Waals surface area contributed by atoms with E-state index in [4.69, 9.17) is 5.73 Å². The van der Waals surface area contributed by atoms with Gasteiger partial charge in [-0.2, -0.15) is 0 Å². The van der Waals surface area contributed by atoms with Gasteiger partial charge in [0.25, 0.3) is 0 Å². The van der Waals surface area contributed by atoms with Crippen LogP contribution < -0.4 is 10.6 Å². The molecule has 1 saturated carbocycles. The van der Waals surface area contributed by atoms with Crippen LogP contribution >= 0.6 is 0 Å². The molecule has 1 aliphatic carbocycles. The normalized spacial score (nSPS) is 21.2. The second-order valence-electron chi connectivity index (χ2n) is 5.64. The van der Waals surface area contributed by atoms with Crippen molar-refractivity contribution in [2.75, 3.05) is 18.0 Å². The second-order valence-corrected chi connectivity index (χ2v) is 5.64. The van der Waals surface area contributed by atoms with E-state index in [1.54, 1.807) is 0 Å². The van der Waals surface area contributed by atoms with Crippen LogP contribution in [0, 0.1) is 5.92 Å². The van der Waals surface area contributed by atoms with Gasteiger partial charge >= 0.3 is 0 Å². The Morgan fingerprint density at radius 1 is 1.41 bits per heavy atom. The van der Waals surface area contributed by atoms with Crippen LogP contribution in [0.3, 0.4) is 0 Å². The molecule has 2 heteroatoms. The van der Waals surface area contributed by atoms with Crippen molar-refractivity contribution >= 4 is 5.69 Å². The maximum atomic E-state index is 6.10. The molecule has 1 aromatic carbocycles. The van der Waals surface area contributed by atoms with E-state index in [2.05, 4.69) is 30.0 Å². The molecular formula is C15H22N2. The van der Waals surface area contributed by atoms with E-state index < -0.39 is 0 Å². The second kappa shape index (κ2) is 4.34. The number of hydrogen-bond donors (Lipinski definition) is 1. The average molecular weight is 230 g/mol. The monoisotopic (exact) mass is 230 g/mol. The molecule has 2 aliphatic rings. The first-order valence-electron chi connectivity index (χ1n) is 6.88. The molecule has 1 heterocycles. The lowest BCUT2D eigenvalue weighted by Crippen LogP contribution is -2.32. The summed E-state index contributed by atoms with van der Waals surface area (Å²) in [6, 6.07) is 6.77. The number of rotatable bonds is 3. The molecular weight excluding hydrogens is 208 g/mol. The number of fused-ring (bicyclic) bond motifs is 1. The Kier molecular flexibility index (Phi) is 2.83. The summed E-state index contributed by atoms with van der Waals surface area (Å²) in [5.74, 6) is 0.932. The molecule has 92 valence electrons. The van der Waals surface area contributed by atoms with E-state index in [0.717, 1.165) is 5.92 Å². The predicted octanol–water partition coefficient (Wildman–Crippen LogP) is 2.87. The average Bonchev–Trinajstić information content (AvgIpc) is 2.66. The minimum absolute atomic E-state index is 0.145. The molecule has 2 nitrogen and oxygen atoms in total. The number of nitrogens with zero attached hydrogens (tertiary/aromatic N) is 1. The molecule has 1 aliphatic heterocycles. The van der Waals surface area contributed by atoms with Gasteiger partial charge in [-0.05, 0) is 43.2 Å². The summed E-state index contributed by atoms with van der Waals surface area (Å²) in [4.78, 5) is 2.58. The van der Waals surface area contributed by atoms with Crippen molar-refractivity contribution in [3.05, 3.63) is 29.3 Å². The molecule has 0 aromatic heterocycles. The highest BCUT2D eigenvalue weighted by Crippen LogP contribution is 2.37. The number of anilines is 1. The summed E-state index contributed by atoms with van der Waals surface area (Å²) >= 11 is 0. The lowest BCUT2D eigenvalue weighted by Gasteiger charge is -2.32. The van der Waals surface area contributed by atoms with E-state index in [-0.39, 0.29) is 6.04 Å². The Morgan fingerprint density at radius 2 is 2.24 bits per heavy atom. The molecule has 1 atom stereocenters. The van der Waals surface area contributed by atoms with Crippen molar-refractivity contribution in [2.24, 2.45) is 11.7 Å². The molecule has 0 bridgehead atoms. The highest BCUT2D eigenvalue weighted by molar-refractivity contribution is 5.64. The quantitative estimate of drug-likeness (QED) is 0.865. The van der Waals surface area contributed by atoms with E-state index >= 15 is 0 Å². The topological polar surface area (TPSA) is 29.3 Å². The molecule has 3 rings (SSSR count). The maximum absolute atomic E-state index is 6.10. The van der Waals surface area contributed by atoms with Crippen LogP contribution in [0.4, 0.5) is 5.69 Å². The van der Waals surface area contributed by atoms with E-state index in [0.29, 0.717) is 0 Å². The van der Waals surface area contributed by atoms with Gasteiger partial charge in [-0.15, -0.1) is 0 Å². The largest absolute Gasteiger partial charge is 0.370 e. The lowest BCUT2D eigenvalue weighted by atomic mass is 9.85. The third-order valence-corrected chi connectivity index (χ3v) is 4.31. The van der Waals surface area contributed by atoms with Crippen LogP contribution in [0.15, 0.2) is 18.2 Å². The van der Waals surface area contributed by atoms with Gasteiger partial charge < -0.3 is 10.6 Å². The van der Waals surface area contributed by atoms with Gasteiger partial charge in [0.1, 0.15) is 0 Å². The van der Waals surface area contributed by atoms with Crippen LogP contribution in [-0.4, -0.2) is 13.1 Å². The van der Waals surface area contributed by atoms with Crippen molar-refractivity contribution in [1.29, 1.82) is 0 Å². The summed E-state index contributed by atoms with van der Waals surface area (Å²) in [6.07, 6.45) is 5.47. The van der Waals surface area contributed by atoms with E-state index in [9.17, 15) is 0 Å². The third kappa shape index (κ3) is 1.95. The fourth-order valence-corrected chi connectivity index (χ4v) is 3.10. The number of hydrogen-bond acceptors (Lipinski definition) is 2. The Labute approximate surface area is 104 Å². The van der Waals surface area contributed by atoms with Gasteiger partial charge in [0.2, 0.25) is 0 Å². The number of nitrogens with two attached hydrogens (primary N) is 1. The van der Waals surface area contributed by atoms with Crippen LogP contribution in [0.5, 0.6) is 0 Å². The first kappa shape index (κ1) is 11.1. The van der Waals surface area contributed by atoms with Gasteiger partial charge in [0.15, 0.2) is 0 Å². The summed E-state index contributed by atoms with van der Waals surface area (Å²) in [5.41, 5.74) is 10.4. The zero-order valence-corrected chi connectivity index (χ0v) is 10.7. The zero-order valence-electron chi connectivity index (χ0n) is 10.7. The van der Waals surface area contributed by atoms with Gasteiger partial charge in [-0.25, -0.2) is 0 Å². The maximum Gasteiger partial charge on any atom is 0.0447 e. The molecule has 1 aromatic rings. The van der Waals surface area contributed by atoms with Crippen LogP contribution in [0.1, 0.15) is 43.4 Å². The van der Waals surface area contributed by atoms with Crippen molar-refractivity contribution in [3.63, 3.8) is 0 Å². The van der Waals surface area contributed by atoms with Crippen LogP contribution in [0.25, 0.3) is 0 Å². The van der Waals surface area contributed by atoms with E-state index in [1.165, 1.54) is 55.6 Å². The van der Waals surface area contributed by atoms with Crippen molar-refractivity contribution in [2.45, 2.75) is 38.6 Å². The van der Waals surface area contributed by atoms with Crippen LogP contribution in [-0.2, 0) is 6.42 Å².